The second kappa shape index (κ2) is 9.75. The number of halogens is 3. The van der Waals surface area contributed by atoms with E-state index in [1.54, 1.807) is 0 Å². The number of hydrogen-bond donors (Lipinski definition) is 0. The Balaban J connectivity index is -0.000000270. The molecule has 0 N–H and O–H groups in total. The highest BCUT2D eigenvalue weighted by Gasteiger charge is 1.77. The number of benzene rings is 1. The molecule has 0 aliphatic heterocycles. The van der Waals surface area contributed by atoms with E-state index in [0.29, 0.717) is 0 Å². The van der Waals surface area contributed by atoms with E-state index in [0.717, 1.165) is 0 Å². The normalized spacial score (nSPS) is 7.75. The molecule has 0 heterocycles. The zero-order valence-corrected chi connectivity index (χ0v) is 6.77. The molecule has 0 atom stereocenters. The lowest BCUT2D eigenvalue weighted by Gasteiger charge is -1.86. The fourth-order valence-electron chi connectivity index (χ4n) is 0.757. The van der Waals surface area contributed by atoms with Crippen molar-refractivity contribution in [3.05, 3.63) is 42.0 Å². The first-order valence-electron chi connectivity index (χ1n) is 3.11. The van der Waals surface area contributed by atoms with Crippen LogP contribution in [0.3, 0.4) is 0 Å². The van der Waals surface area contributed by atoms with Crippen molar-refractivity contribution in [2.75, 3.05) is 0 Å². The molecule has 0 aromatic heterocycles. The van der Waals surface area contributed by atoms with Gasteiger partial charge in [0.15, 0.2) is 0 Å². The first kappa shape index (κ1) is 17.0. The molecule has 1 aromatic carbocycles. The van der Waals surface area contributed by atoms with Gasteiger partial charge < -0.3 is 0 Å². The highest BCUT2D eigenvalue weighted by atomic mass is 19.0. The lowest BCUT2D eigenvalue weighted by Crippen LogP contribution is -1.65. The van der Waals surface area contributed by atoms with Crippen LogP contribution >= 0.6 is 0 Å². The average molecular weight is 178 g/mol. The SMILES string of the molecule is CC=Cc1ccccc1.F.F.F. The van der Waals surface area contributed by atoms with E-state index in [4.69, 9.17) is 0 Å². The molecule has 1 rings (SSSR count). The van der Waals surface area contributed by atoms with Gasteiger partial charge in [-0.3, -0.25) is 14.1 Å². The van der Waals surface area contributed by atoms with Crippen molar-refractivity contribution in [1.29, 1.82) is 0 Å². The number of allylic oxidation sites excluding steroid dienone is 1. The Morgan fingerprint density at radius 1 is 0.917 bits per heavy atom. The Bertz CT molecular complexity index is 194. The summed E-state index contributed by atoms with van der Waals surface area (Å²) in [6.45, 7) is 2.02. The second-order valence-corrected chi connectivity index (χ2v) is 1.91. The Morgan fingerprint density at radius 2 is 1.42 bits per heavy atom. The Labute approximate surface area is 70.0 Å². The molecule has 0 bridgehead atoms. The van der Waals surface area contributed by atoms with Crippen LogP contribution in [-0.4, -0.2) is 0 Å². The van der Waals surface area contributed by atoms with Crippen molar-refractivity contribution in [2.45, 2.75) is 6.92 Å². The molecule has 0 saturated heterocycles. The van der Waals surface area contributed by atoms with E-state index in [2.05, 4.69) is 18.2 Å². The first-order chi connectivity index (χ1) is 4.43. The van der Waals surface area contributed by atoms with Gasteiger partial charge in [-0.05, 0) is 12.5 Å². The van der Waals surface area contributed by atoms with E-state index in [1.807, 2.05) is 31.2 Å². The third kappa shape index (κ3) is 5.53. The molecular formula is C9H13F3. The predicted octanol–water partition coefficient (Wildman–Crippen LogP) is 3.18. The van der Waals surface area contributed by atoms with Gasteiger partial charge in [0.2, 0.25) is 0 Å². The summed E-state index contributed by atoms with van der Waals surface area (Å²) in [4.78, 5) is 0. The van der Waals surface area contributed by atoms with Crippen LogP contribution in [0.4, 0.5) is 14.1 Å². The van der Waals surface area contributed by atoms with Crippen LogP contribution < -0.4 is 0 Å². The minimum atomic E-state index is 0. The molecule has 70 valence electrons. The number of hydrogen-bond acceptors (Lipinski definition) is 0. The highest BCUT2D eigenvalue weighted by Crippen LogP contribution is 1.99. The summed E-state index contributed by atoms with van der Waals surface area (Å²) >= 11 is 0. The molecule has 0 saturated carbocycles. The van der Waals surface area contributed by atoms with Gasteiger partial charge in [0.25, 0.3) is 0 Å². The lowest BCUT2D eigenvalue weighted by atomic mass is 10.2. The van der Waals surface area contributed by atoms with E-state index in [-0.39, 0.29) is 14.1 Å². The van der Waals surface area contributed by atoms with Gasteiger partial charge in [-0.2, -0.15) is 0 Å². The maximum absolute atomic E-state index is 2.08. The fourth-order valence-corrected chi connectivity index (χ4v) is 0.757. The van der Waals surface area contributed by atoms with Crippen molar-refractivity contribution < 1.29 is 14.1 Å². The molecule has 1 aromatic rings. The summed E-state index contributed by atoms with van der Waals surface area (Å²) in [5.41, 5.74) is 1.26. The van der Waals surface area contributed by atoms with Gasteiger partial charge in [-0.1, -0.05) is 42.5 Å². The van der Waals surface area contributed by atoms with E-state index in [9.17, 15) is 0 Å². The maximum Gasteiger partial charge on any atom is -0.0260 e. The van der Waals surface area contributed by atoms with Crippen LogP contribution in [0.15, 0.2) is 36.4 Å². The third-order valence-corrected chi connectivity index (χ3v) is 1.16. The van der Waals surface area contributed by atoms with Gasteiger partial charge in [0.05, 0.1) is 0 Å². The molecule has 0 radical (unpaired) electrons. The van der Waals surface area contributed by atoms with E-state index < -0.39 is 0 Å². The van der Waals surface area contributed by atoms with E-state index >= 15 is 0 Å². The van der Waals surface area contributed by atoms with Crippen molar-refractivity contribution in [3.63, 3.8) is 0 Å². The summed E-state index contributed by atoms with van der Waals surface area (Å²) in [7, 11) is 0. The molecule has 0 unspecified atom stereocenters. The monoisotopic (exact) mass is 178 g/mol. The zero-order valence-electron chi connectivity index (χ0n) is 6.77. The second-order valence-electron chi connectivity index (χ2n) is 1.91. The van der Waals surface area contributed by atoms with Crippen LogP contribution in [0.25, 0.3) is 6.08 Å². The summed E-state index contributed by atoms with van der Waals surface area (Å²) in [6.07, 6.45) is 4.12. The topological polar surface area (TPSA) is 0 Å². The van der Waals surface area contributed by atoms with Gasteiger partial charge in [-0.15, -0.1) is 0 Å². The summed E-state index contributed by atoms with van der Waals surface area (Å²) in [5, 5.41) is 0. The average Bonchev–Trinajstić information content (AvgIpc) is 1.91. The van der Waals surface area contributed by atoms with Crippen LogP contribution in [-0.2, 0) is 0 Å². The van der Waals surface area contributed by atoms with Crippen LogP contribution in [0.2, 0.25) is 0 Å². The van der Waals surface area contributed by atoms with Crippen LogP contribution in [0.5, 0.6) is 0 Å². The van der Waals surface area contributed by atoms with Gasteiger partial charge in [0, 0.05) is 0 Å². The summed E-state index contributed by atoms with van der Waals surface area (Å²) in [5.74, 6) is 0. The zero-order chi connectivity index (χ0) is 6.53. The number of rotatable bonds is 1. The standard InChI is InChI=1S/C9H10.3FH/c1-2-6-9-7-4-3-5-8-9;;;/h2-8H,1H3;3*1H. The Morgan fingerprint density at radius 3 is 1.83 bits per heavy atom. The molecule has 0 aliphatic carbocycles. The van der Waals surface area contributed by atoms with Crippen molar-refractivity contribution >= 4 is 6.08 Å². The molecule has 0 nitrogen and oxygen atoms in total. The highest BCUT2D eigenvalue weighted by molar-refractivity contribution is 5.47. The Hall–Kier alpha value is -1.25. The van der Waals surface area contributed by atoms with Gasteiger partial charge in [0.1, 0.15) is 0 Å². The molecule has 12 heavy (non-hydrogen) atoms. The third-order valence-electron chi connectivity index (χ3n) is 1.16. The van der Waals surface area contributed by atoms with Gasteiger partial charge >= 0.3 is 0 Å². The quantitative estimate of drug-likeness (QED) is 0.619. The summed E-state index contributed by atoms with van der Waals surface area (Å²) < 4.78 is 0. The first-order valence-corrected chi connectivity index (χ1v) is 3.11. The molecule has 0 aliphatic rings. The van der Waals surface area contributed by atoms with Crippen molar-refractivity contribution in [1.82, 2.24) is 0 Å². The Kier molecular flexibility index (Phi) is 13.8. The van der Waals surface area contributed by atoms with Crippen LogP contribution in [0, 0.1) is 0 Å². The minimum Gasteiger partial charge on any atom is -0.269 e. The molecule has 3 heteroatoms. The van der Waals surface area contributed by atoms with Crippen LogP contribution in [0.1, 0.15) is 12.5 Å². The molecule has 0 amide bonds. The molecular weight excluding hydrogens is 165 g/mol. The maximum atomic E-state index is 2.08. The van der Waals surface area contributed by atoms with Crippen molar-refractivity contribution in [2.24, 2.45) is 0 Å². The summed E-state index contributed by atoms with van der Waals surface area (Å²) in [6, 6.07) is 10.3. The van der Waals surface area contributed by atoms with E-state index in [1.165, 1.54) is 5.56 Å². The predicted molar refractivity (Wildman–Crippen MR) is 48.7 cm³/mol. The smallest absolute Gasteiger partial charge is 0.0260 e. The molecule has 0 spiro atoms. The van der Waals surface area contributed by atoms with Crippen molar-refractivity contribution in [3.8, 4) is 0 Å². The largest absolute Gasteiger partial charge is 0.269 e. The molecule has 0 fully saturated rings. The van der Waals surface area contributed by atoms with Gasteiger partial charge in [-0.25, -0.2) is 0 Å². The fraction of sp³-hybridized carbons (Fsp3) is 0.111. The lowest BCUT2D eigenvalue weighted by molar-refractivity contribution is 1.11. The minimum absolute atomic E-state index is 0.